The number of nitrogens with one attached hydrogen (secondary N) is 1. The number of nitrogens with zero attached hydrogens (tertiary/aromatic N) is 3. The molecule has 1 aliphatic carbocycles. The lowest BCUT2D eigenvalue weighted by Crippen LogP contribution is -2.31. The van der Waals surface area contributed by atoms with E-state index in [1.165, 1.54) is 23.9 Å². The SMILES string of the molecule is CSc1nc2n(n1)[C@H](c1ccc(F)cc1)C1=C(CCCC1=O)N2. The molecule has 0 saturated heterocycles. The van der Waals surface area contributed by atoms with E-state index in [1.807, 2.05) is 6.26 Å². The van der Waals surface area contributed by atoms with Gasteiger partial charge >= 0.3 is 0 Å². The third kappa shape index (κ3) is 2.35. The first-order chi connectivity index (χ1) is 11.2. The maximum atomic E-state index is 13.3. The fraction of sp³-hybridized carbons (Fsp3) is 0.312. The van der Waals surface area contributed by atoms with E-state index in [0.29, 0.717) is 17.5 Å². The second-order valence-corrected chi connectivity index (χ2v) is 6.39. The molecule has 1 aromatic heterocycles. The van der Waals surface area contributed by atoms with Crippen LogP contribution in [-0.4, -0.2) is 26.8 Å². The molecule has 1 aliphatic heterocycles. The van der Waals surface area contributed by atoms with E-state index in [1.54, 1.807) is 16.8 Å². The summed E-state index contributed by atoms with van der Waals surface area (Å²) in [6.45, 7) is 0. The summed E-state index contributed by atoms with van der Waals surface area (Å²) in [5, 5.41) is 8.40. The average molecular weight is 330 g/mol. The van der Waals surface area contributed by atoms with Crippen LogP contribution in [0.1, 0.15) is 30.9 Å². The van der Waals surface area contributed by atoms with Gasteiger partial charge < -0.3 is 5.32 Å². The monoisotopic (exact) mass is 330 g/mol. The van der Waals surface area contributed by atoms with Gasteiger partial charge in [0, 0.05) is 17.7 Å². The van der Waals surface area contributed by atoms with Crippen LogP contribution in [0.15, 0.2) is 40.7 Å². The quantitative estimate of drug-likeness (QED) is 0.857. The summed E-state index contributed by atoms with van der Waals surface area (Å²) < 4.78 is 15.0. The van der Waals surface area contributed by atoms with Crippen LogP contribution in [-0.2, 0) is 4.79 Å². The molecule has 0 bridgehead atoms. The van der Waals surface area contributed by atoms with Gasteiger partial charge in [-0.1, -0.05) is 23.9 Å². The Morgan fingerprint density at radius 3 is 2.83 bits per heavy atom. The molecule has 1 aromatic carbocycles. The van der Waals surface area contributed by atoms with Crippen molar-refractivity contribution in [1.29, 1.82) is 0 Å². The number of allylic oxidation sites excluding steroid dienone is 2. The molecule has 0 spiro atoms. The Morgan fingerprint density at radius 2 is 2.09 bits per heavy atom. The highest BCUT2D eigenvalue weighted by molar-refractivity contribution is 7.98. The molecule has 2 aromatic rings. The standard InChI is InChI=1S/C16H15FN4OS/c1-23-16-19-15-18-11-3-2-4-12(22)13(11)14(21(15)20-16)9-5-7-10(17)8-6-9/h5-8,14H,2-4H2,1H3,(H,18,19,20)/t14-/m1/s1. The minimum atomic E-state index is -0.344. The second kappa shape index (κ2) is 5.49. The van der Waals surface area contributed by atoms with Gasteiger partial charge in [-0.05, 0) is 36.8 Å². The number of ketones is 1. The zero-order valence-corrected chi connectivity index (χ0v) is 13.4. The molecule has 7 heteroatoms. The summed E-state index contributed by atoms with van der Waals surface area (Å²) >= 11 is 1.45. The lowest BCUT2D eigenvalue weighted by molar-refractivity contribution is -0.116. The number of anilines is 1. The third-order valence-corrected chi connectivity index (χ3v) is 4.76. The number of hydrogen-bond acceptors (Lipinski definition) is 5. The smallest absolute Gasteiger partial charge is 0.227 e. The van der Waals surface area contributed by atoms with E-state index in [2.05, 4.69) is 15.4 Å². The minimum absolute atomic E-state index is 0.125. The Labute approximate surface area is 137 Å². The van der Waals surface area contributed by atoms with Gasteiger partial charge in [0.15, 0.2) is 5.78 Å². The van der Waals surface area contributed by atoms with Crippen molar-refractivity contribution in [2.75, 3.05) is 11.6 Å². The predicted octanol–water partition coefficient (Wildman–Crippen LogP) is 3.16. The van der Waals surface area contributed by atoms with Gasteiger partial charge in [-0.3, -0.25) is 4.79 Å². The number of hydrogen-bond donors (Lipinski definition) is 1. The maximum Gasteiger partial charge on any atom is 0.227 e. The highest BCUT2D eigenvalue weighted by Crippen LogP contribution is 2.40. The largest absolute Gasteiger partial charge is 0.328 e. The first-order valence-electron chi connectivity index (χ1n) is 7.46. The number of carbonyl (C=O) groups excluding carboxylic acids is 1. The Balaban J connectivity index is 1.90. The summed E-state index contributed by atoms with van der Waals surface area (Å²) in [5.41, 5.74) is 2.49. The number of aromatic nitrogens is 3. The van der Waals surface area contributed by atoms with Crippen molar-refractivity contribution in [2.24, 2.45) is 0 Å². The van der Waals surface area contributed by atoms with Gasteiger partial charge in [-0.25, -0.2) is 9.07 Å². The Morgan fingerprint density at radius 1 is 1.30 bits per heavy atom. The summed E-state index contributed by atoms with van der Waals surface area (Å²) in [5.74, 6) is 0.465. The summed E-state index contributed by atoms with van der Waals surface area (Å²) in [6, 6.07) is 5.90. The van der Waals surface area contributed by atoms with E-state index in [-0.39, 0.29) is 17.6 Å². The zero-order chi connectivity index (χ0) is 16.0. The second-order valence-electron chi connectivity index (χ2n) is 5.61. The lowest BCUT2D eigenvalue weighted by atomic mass is 9.85. The van der Waals surface area contributed by atoms with Gasteiger partial charge in [0.05, 0.1) is 0 Å². The summed E-state index contributed by atoms with van der Waals surface area (Å²) in [4.78, 5) is 17.0. The maximum absolute atomic E-state index is 13.3. The van der Waals surface area contributed by atoms with E-state index >= 15 is 0 Å². The van der Waals surface area contributed by atoms with Crippen LogP contribution < -0.4 is 5.32 Å². The topological polar surface area (TPSA) is 59.8 Å². The van der Waals surface area contributed by atoms with Crippen LogP contribution in [0.5, 0.6) is 0 Å². The molecule has 2 heterocycles. The van der Waals surface area contributed by atoms with Gasteiger partial charge in [-0.15, -0.1) is 5.10 Å². The van der Waals surface area contributed by atoms with E-state index in [9.17, 15) is 9.18 Å². The first-order valence-corrected chi connectivity index (χ1v) is 8.69. The number of thioether (sulfide) groups is 1. The fourth-order valence-electron chi connectivity index (χ4n) is 3.18. The van der Waals surface area contributed by atoms with Crippen LogP contribution >= 0.6 is 11.8 Å². The molecule has 1 N–H and O–H groups in total. The average Bonchev–Trinajstić information content (AvgIpc) is 2.97. The van der Waals surface area contributed by atoms with Crippen LogP contribution in [0, 0.1) is 5.82 Å². The molecule has 0 radical (unpaired) electrons. The molecule has 0 unspecified atom stereocenters. The van der Waals surface area contributed by atoms with Crippen LogP contribution in [0.25, 0.3) is 0 Å². The number of benzene rings is 1. The number of Topliss-reactive ketones (excluding diaryl/α,β-unsaturated/α-hetero) is 1. The molecule has 23 heavy (non-hydrogen) atoms. The highest BCUT2D eigenvalue weighted by atomic mass is 32.2. The van der Waals surface area contributed by atoms with Crippen molar-refractivity contribution >= 4 is 23.5 Å². The molecule has 118 valence electrons. The molecule has 0 amide bonds. The summed E-state index contributed by atoms with van der Waals surface area (Å²) in [6.07, 6.45) is 4.11. The third-order valence-electron chi connectivity index (χ3n) is 4.22. The van der Waals surface area contributed by atoms with Gasteiger partial charge in [0.2, 0.25) is 11.1 Å². The molecular formula is C16H15FN4OS. The predicted molar refractivity (Wildman–Crippen MR) is 85.8 cm³/mol. The van der Waals surface area contributed by atoms with E-state index in [0.717, 1.165) is 29.7 Å². The van der Waals surface area contributed by atoms with Crippen LogP contribution in [0.4, 0.5) is 10.3 Å². The number of rotatable bonds is 2. The van der Waals surface area contributed by atoms with Crippen molar-refractivity contribution in [3.8, 4) is 0 Å². The first kappa shape index (κ1) is 14.4. The molecule has 5 nitrogen and oxygen atoms in total. The van der Waals surface area contributed by atoms with Crippen molar-refractivity contribution < 1.29 is 9.18 Å². The molecular weight excluding hydrogens is 315 g/mol. The van der Waals surface area contributed by atoms with Crippen molar-refractivity contribution in [1.82, 2.24) is 14.8 Å². The summed E-state index contributed by atoms with van der Waals surface area (Å²) in [7, 11) is 0. The molecule has 0 saturated carbocycles. The Bertz CT molecular complexity index is 812. The molecule has 2 aliphatic rings. The van der Waals surface area contributed by atoms with Crippen molar-refractivity contribution in [3.63, 3.8) is 0 Å². The van der Waals surface area contributed by atoms with Crippen LogP contribution in [0.3, 0.4) is 0 Å². The number of fused-ring (bicyclic) bond motifs is 1. The fourth-order valence-corrected chi connectivity index (χ4v) is 3.52. The normalized spacial score (nSPS) is 20.1. The van der Waals surface area contributed by atoms with Crippen molar-refractivity contribution in [2.45, 2.75) is 30.5 Å². The van der Waals surface area contributed by atoms with Crippen molar-refractivity contribution in [3.05, 3.63) is 46.9 Å². The van der Waals surface area contributed by atoms with Gasteiger partial charge in [0.25, 0.3) is 0 Å². The zero-order valence-electron chi connectivity index (χ0n) is 12.5. The van der Waals surface area contributed by atoms with E-state index in [4.69, 9.17) is 0 Å². The number of halogens is 1. The lowest BCUT2D eigenvalue weighted by Gasteiger charge is -2.32. The van der Waals surface area contributed by atoms with Crippen LogP contribution in [0.2, 0.25) is 0 Å². The van der Waals surface area contributed by atoms with Gasteiger partial charge in [0.1, 0.15) is 11.9 Å². The Kier molecular flexibility index (Phi) is 3.45. The highest BCUT2D eigenvalue weighted by Gasteiger charge is 2.36. The minimum Gasteiger partial charge on any atom is -0.328 e. The van der Waals surface area contributed by atoms with Gasteiger partial charge in [-0.2, -0.15) is 4.98 Å². The van der Waals surface area contributed by atoms with E-state index < -0.39 is 0 Å². The molecule has 1 atom stereocenters. The Hall–Kier alpha value is -2.15. The number of carbonyl (C=O) groups is 1. The molecule has 0 fully saturated rings. The molecule has 4 rings (SSSR count).